The van der Waals surface area contributed by atoms with Crippen LogP contribution in [0, 0.1) is 17.0 Å². The van der Waals surface area contributed by atoms with Crippen LogP contribution in [-0.2, 0) is 11.3 Å². The molecule has 3 aliphatic heterocycles. The van der Waals surface area contributed by atoms with E-state index in [0.29, 0.717) is 13.1 Å². The zero-order valence-electron chi connectivity index (χ0n) is 16.6. The van der Waals surface area contributed by atoms with E-state index in [1.54, 1.807) is 6.07 Å². The quantitative estimate of drug-likeness (QED) is 0.788. The van der Waals surface area contributed by atoms with Gasteiger partial charge >= 0.3 is 0 Å². The van der Waals surface area contributed by atoms with E-state index in [1.165, 1.54) is 31.4 Å². The van der Waals surface area contributed by atoms with Crippen molar-refractivity contribution in [1.29, 1.82) is 0 Å². The SMILES string of the molecule is O=C(CN1CCCCC1)N1CC[C@]2(CCCN(Cc3ccc(F)c(F)c3)C2)C1. The molecule has 4 nitrogen and oxygen atoms in total. The number of hydrogen-bond donors (Lipinski definition) is 0. The van der Waals surface area contributed by atoms with Gasteiger partial charge in [0.1, 0.15) is 0 Å². The number of carbonyl (C=O) groups excluding carboxylic acids is 1. The first-order valence-corrected chi connectivity index (χ1v) is 10.7. The summed E-state index contributed by atoms with van der Waals surface area (Å²) in [4.78, 5) is 19.5. The smallest absolute Gasteiger partial charge is 0.236 e. The number of hydrogen-bond acceptors (Lipinski definition) is 3. The predicted molar refractivity (Wildman–Crippen MR) is 105 cm³/mol. The van der Waals surface area contributed by atoms with E-state index < -0.39 is 11.6 Å². The molecule has 1 aromatic carbocycles. The second-order valence-corrected chi connectivity index (χ2v) is 8.96. The molecule has 1 aromatic rings. The first-order chi connectivity index (χ1) is 13.5. The fraction of sp³-hybridized carbons (Fsp3) is 0.682. The number of amides is 1. The molecule has 0 radical (unpaired) electrons. The third-order valence-electron chi connectivity index (χ3n) is 6.73. The third kappa shape index (κ3) is 4.54. The Morgan fingerprint density at radius 2 is 1.68 bits per heavy atom. The lowest BCUT2D eigenvalue weighted by molar-refractivity contribution is -0.132. The highest BCUT2D eigenvalue weighted by molar-refractivity contribution is 5.78. The first-order valence-electron chi connectivity index (χ1n) is 10.7. The van der Waals surface area contributed by atoms with Gasteiger partial charge in [-0.2, -0.15) is 0 Å². The number of carbonyl (C=O) groups is 1. The fourth-order valence-corrected chi connectivity index (χ4v) is 5.23. The number of nitrogens with zero attached hydrogens (tertiary/aromatic N) is 3. The molecule has 0 unspecified atom stereocenters. The van der Waals surface area contributed by atoms with Crippen LogP contribution in [0.4, 0.5) is 8.78 Å². The molecule has 154 valence electrons. The zero-order chi connectivity index (χ0) is 19.6. The van der Waals surface area contributed by atoms with Gasteiger partial charge in [0.2, 0.25) is 5.91 Å². The summed E-state index contributed by atoms with van der Waals surface area (Å²) in [5, 5.41) is 0. The maximum atomic E-state index is 13.5. The monoisotopic (exact) mass is 391 g/mol. The van der Waals surface area contributed by atoms with Gasteiger partial charge in [-0.15, -0.1) is 0 Å². The first kappa shape index (κ1) is 19.8. The highest BCUT2D eigenvalue weighted by Crippen LogP contribution is 2.39. The van der Waals surface area contributed by atoms with Gasteiger partial charge in [-0.05, 0) is 69.4 Å². The van der Waals surface area contributed by atoms with Crippen LogP contribution in [-0.4, -0.2) is 66.4 Å². The van der Waals surface area contributed by atoms with Crippen molar-refractivity contribution in [1.82, 2.24) is 14.7 Å². The van der Waals surface area contributed by atoms with Crippen molar-refractivity contribution in [3.63, 3.8) is 0 Å². The molecule has 0 aliphatic carbocycles. The molecule has 4 rings (SSSR count). The van der Waals surface area contributed by atoms with E-state index in [4.69, 9.17) is 0 Å². The molecule has 3 heterocycles. The molecule has 3 saturated heterocycles. The maximum absolute atomic E-state index is 13.5. The van der Waals surface area contributed by atoms with Crippen LogP contribution < -0.4 is 0 Å². The maximum Gasteiger partial charge on any atom is 0.236 e. The summed E-state index contributed by atoms with van der Waals surface area (Å²) in [6.07, 6.45) is 6.98. The van der Waals surface area contributed by atoms with Crippen molar-refractivity contribution in [3.05, 3.63) is 35.4 Å². The summed E-state index contributed by atoms with van der Waals surface area (Å²) in [5.74, 6) is -1.30. The molecule has 6 heteroatoms. The highest BCUT2D eigenvalue weighted by Gasteiger charge is 2.42. The number of rotatable bonds is 4. The highest BCUT2D eigenvalue weighted by atomic mass is 19.2. The average molecular weight is 392 g/mol. The van der Waals surface area contributed by atoms with E-state index >= 15 is 0 Å². The molecular weight excluding hydrogens is 360 g/mol. The minimum Gasteiger partial charge on any atom is -0.341 e. The van der Waals surface area contributed by atoms with Gasteiger partial charge in [-0.3, -0.25) is 14.6 Å². The van der Waals surface area contributed by atoms with Crippen molar-refractivity contribution in [3.8, 4) is 0 Å². The Hall–Kier alpha value is -1.53. The fourth-order valence-electron chi connectivity index (χ4n) is 5.23. The lowest BCUT2D eigenvalue weighted by Crippen LogP contribution is -2.46. The van der Waals surface area contributed by atoms with Crippen LogP contribution in [0.5, 0.6) is 0 Å². The van der Waals surface area contributed by atoms with E-state index in [0.717, 1.165) is 64.1 Å². The lowest BCUT2D eigenvalue weighted by atomic mass is 9.79. The second-order valence-electron chi connectivity index (χ2n) is 8.96. The standard InChI is InChI=1S/C22H31F2N3O/c23-19-6-5-18(13-20(19)24)14-26-11-4-7-22(16-26)8-12-27(17-22)21(28)15-25-9-2-1-3-10-25/h5-6,13H,1-4,7-12,14-17H2/t22-/m0/s1. The number of halogens is 2. The Kier molecular flexibility index (Phi) is 5.97. The Morgan fingerprint density at radius 1 is 0.893 bits per heavy atom. The van der Waals surface area contributed by atoms with E-state index in [-0.39, 0.29) is 11.3 Å². The van der Waals surface area contributed by atoms with Crippen molar-refractivity contribution < 1.29 is 13.6 Å². The summed E-state index contributed by atoms with van der Waals surface area (Å²) in [6, 6.07) is 4.18. The Bertz CT molecular complexity index is 707. The zero-order valence-corrected chi connectivity index (χ0v) is 16.6. The van der Waals surface area contributed by atoms with Crippen LogP contribution in [0.25, 0.3) is 0 Å². The van der Waals surface area contributed by atoms with E-state index in [1.807, 2.05) is 0 Å². The van der Waals surface area contributed by atoms with Crippen LogP contribution in [0.2, 0.25) is 0 Å². The summed E-state index contributed by atoms with van der Waals surface area (Å²) in [7, 11) is 0. The van der Waals surface area contributed by atoms with Crippen molar-refractivity contribution in [2.24, 2.45) is 5.41 Å². The van der Waals surface area contributed by atoms with Crippen molar-refractivity contribution >= 4 is 5.91 Å². The van der Waals surface area contributed by atoms with E-state index in [2.05, 4.69) is 14.7 Å². The van der Waals surface area contributed by atoms with Crippen molar-refractivity contribution in [2.45, 2.75) is 45.1 Å². The number of benzene rings is 1. The second kappa shape index (κ2) is 8.46. The minimum atomic E-state index is -0.794. The van der Waals surface area contributed by atoms with Crippen LogP contribution >= 0.6 is 0 Å². The van der Waals surface area contributed by atoms with E-state index in [9.17, 15) is 13.6 Å². The van der Waals surface area contributed by atoms with Crippen molar-refractivity contribution in [2.75, 3.05) is 45.8 Å². The van der Waals surface area contributed by atoms with Gasteiger partial charge in [-0.25, -0.2) is 8.78 Å². The Balaban J connectivity index is 1.33. The van der Waals surface area contributed by atoms with Gasteiger partial charge in [-0.1, -0.05) is 12.5 Å². The van der Waals surface area contributed by atoms with Gasteiger partial charge in [0.25, 0.3) is 0 Å². The molecule has 0 saturated carbocycles. The Morgan fingerprint density at radius 3 is 2.46 bits per heavy atom. The Labute approximate surface area is 166 Å². The molecule has 1 amide bonds. The topological polar surface area (TPSA) is 26.8 Å². The predicted octanol–water partition coefficient (Wildman–Crippen LogP) is 3.27. The normalized spacial score (nSPS) is 26.9. The molecule has 3 aliphatic rings. The number of piperidine rings is 2. The largest absolute Gasteiger partial charge is 0.341 e. The van der Waals surface area contributed by atoms with Gasteiger partial charge in [0.05, 0.1) is 6.54 Å². The summed E-state index contributed by atoms with van der Waals surface area (Å²) in [6.45, 7) is 6.90. The summed E-state index contributed by atoms with van der Waals surface area (Å²) in [5.41, 5.74) is 0.973. The molecule has 3 fully saturated rings. The summed E-state index contributed by atoms with van der Waals surface area (Å²) < 4.78 is 26.7. The number of likely N-dealkylation sites (tertiary alicyclic amines) is 3. The molecule has 1 spiro atoms. The minimum absolute atomic E-state index is 0.161. The third-order valence-corrected chi connectivity index (χ3v) is 6.73. The molecule has 1 atom stereocenters. The summed E-state index contributed by atoms with van der Waals surface area (Å²) >= 11 is 0. The molecule has 0 N–H and O–H groups in total. The van der Waals surface area contributed by atoms with Gasteiger partial charge in [0, 0.05) is 31.6 Å². The van der Waals surface area contributed by atoms with Crippen LogP contribution in [0.15, 0.2) is 18.2 Å². The molecule has 0 aromatic heterocycles. The average Bonchev–Trinajstić information content (AvgIpc) is 3.09. The van der Waals surface area contributed by atoms with Gasteiger partial charge in [0.15, 0.2) is 11.6 Å². The van der Waals surface area contributed by atoms with Crippen LogP contribution in [0.3, 0.4) is 0 Å². The molecule has 0 bridgehead atoms. The molecule has 28 heavy (non-hydrogen) atoms. The van der Waals surface area contributed by atoms with Crippen LogP contribution in [0.1, 0.15) is 44.1 Å². The molecular formula is C22H31F2N3O. The lowest BCUT2D eigenvalue weighted by Gasteiger charge is -2.40. The van der Waals surface area contributed by atoms with Gasteiger partial charge < -0.3 is 4.90 Å².